The van der Waals surface area contributed by atoms with Crippen LogP contribution < -0.4 is 10.1 Å². The Morgan fingerprint density at radius 2 is 2.00 bits per heavy atom. The van der Waals surface area contributed by atoms with Crippen molar-refractivity contribution in [3.8, 4) is 5.75 Å². The fourth-order valence-corrected chi connectivity index (χ4v) is 1.49. The van der Waals surface area contributed by atoms with Gasteiger partial charge in [0.15, 0.2) is 0 Å². The molecule has 1 aromatic carbocycles. The maximum absolute atomic E-state index is 12.3. The zero-order valence-electron chi connectivity index (χ0n) is 10.9. The molecule has 2 aromatic rings. The van der Waals surface area contributed by atoms with Gasteiger partial charge < -0.3 is 4.74 Å². The Morgan fingerprint density at radius 1 is 1.33 bits per heavy atom. The van der Waals surface area contributed by atoms with Gasteiger partial charge in [-0.15, -0.1) is 5.10 Å². The number of H-pyrrole nitrogens is 1. The van der Waals surface area contributed by atoms with Crippen molar-refractivity contribution < 1.29 is 22.7 Å². The lowest BCUT2D eigenvalue weighted by atomic mass is 10.2. The fourth-order valence-electron chi connectivity index (χ4n) is 1.49. The number of anilines is 1. The van der Waals surface area contributed by atoms with Crippen LogP contribution in [0.15, 0.2) is 24.3 Å². The lowest BCUT2D eigenvalue weighted by molar-refractivity contribution is -0.144. The van der Waals surface area contributed by atoms with E-state index < -0.39 is 23.9 Å². The Kier molecular flexibility index (Phi) is 4.10. The summed E-state index contributed by atoms with van der Waals surface area (Å²) >= 11 is 0. The van der Waals surface area contributed by atoms with Gasteiger partial charge in [0.05, 0.1) is 6.61 Å². The third-order valence-corrected chi connectivity index (χ3v) is 2.41. The van der Waals surface area contributed by atoms with Gasteiger partial charge in [0.1, 0.15) is 5.75 Å². The number of nitrogens with zero attached hydrogens (tertiary/aromatic N) is 2. The first-order valence-electron chi connectivity index (χ1n) is 5.94. The quantitative estimate of drug-likeness (QED) is 0.909. The van der Waals surface area contributed by atoms with Crippen LogP contribution in [-0.4, -0.2) is 27.7 Å². The first-order chi connectivity index (χ1) is 9.90. The molecule has 0 unspecified atom stereocenters. The van der Waals surface area contributed by atoms with E-state index in [0.29, 0.717) is 12.4 Å². The summed E-state index contributed by atoms with van der Waals surface area (Å²) in [4.78, 5) is 15.0. The van der Waals surface area contributed by atoms with Gasteiger partial charge >= 0.3 is 6.18 Å². The first-order valence-corrected chi connectivity index (χ1v) is 5.94. The fraction of sp³-hybridized carbons (Fsp3) is 0.250. The number of carbonyl (C=O) groups excluding carboxylic acids is 1. The number of carbonyl (C=O) groups is 1. The number of alkyl halides is 3. The summed E-state index contributed by atoms with van der Waals surface area (Å²) in [7, 11) is 0. The Balaban J connectivity index is 2.05. The highest BCUT2D eigenvalue weighted by molar-refractivity contribution is 6.03. The smallest absolute Gasteiger partial charge is 0.451 e. The highest BCUT2D eigenvalue weighted by Gasteiger charge is 2.35. The summed E-state index contributed by atoms with van der Waals surface area (Å²) in [5.41, 5.74) is 0.247. The molecular formula is C12H11F3N4O2. The number of amides is 1. The minimum absolute atomic E-state index is 0.247. The molecule has 9 heteroatoms. The molecule has 21 heavy (non-hydrogen) atoms. The molecule has 0 bridgehead atoms. The Morgan fingerprint density at radius 3 is 2.52 bits per heavy atom. The van der Waals surface area contributed by atoms with Crippen LogP contribution in [0, 0.1) is 0 Å². The zero-order valence-corrected chi connectivity index (χ0v) is 10.9. The molecule has 1 aromatic heterocycles. The second-order valence-corrected chi connectivity index (χ2v) is 3.92. The predicted molar refractivity (Wildman–Crippen MR) is 66.9 cm³/mol. The van der Waals surface area contributed by atoms with E-state index in [9.17, 15) is 18.0 Å². The average Bonchev–Trinajstić information content (AvgIpc) is 2.88. The van der Waals surface area contributed by atoms with Gasteiger partial charge in [-0.05, 0) is 31.2 Å². The van der Waals surface area contributed by atoms with Gasteiger partial charge in [-0.1, -0.05) is 0 Å². The number of halogens is 3. The molecule has 0 saturated carbocycles. The van der Waals surface area contributed by atoms with E-state index >= 15 is 0 Å². The standard InChI is InChI=1S/C12H11F3N4O2/c1-2-21-8-5-3-7(4-6-8)9(20)16-11-17-10(18-19-11)12(13,14)15/h3-6H,2H2,1H3,(H2,16,17,18,19,20). The number of hydrogen-bond acceptors (Lipinski definition) is 4. The topological polar surface area (TPSA) is 79.9 Å². The Hall–Kier alpha value is -2.58. The number of aromatic amines is 1. The molecule has 0 spiro atoms. The molecule has 112 valence electrons. The molecule has 2 N–H and O–H groups in total. The molecule has 0 atom stereocenters. The van der Waals surface area contributed by atoms with Crippen LogP contribution in [0.25, 0.3) is 0 Å². The molecule has 0 radical (unpaired) electrons. The van der Waals surface area contributed by atoms with Crippen LogP contribution in [-0.2, 0) is 6.18 Å². The van der Waals surface area contributed by atoms with E-state index in [1.165, 1.54) is 12.1 Å². The zero-order chi connectivity index (χ0) is 15.5. The maximum atomic E-state index is 12.3. The summed E-state index contributed by atoms with van der Waals surface area (Å²) in [5, 5.41) is 7.16. The number of aromatic nitrogens is 3. The molecule has 0 saturated heterocycles. The van der Waals surface area contributed by atoms with Crippen LogP contribution in [0.1, 0.15) is 23.1 Å². The van der Waals surface area contributed by atoms with Crippen LogP contribution >= 0.6 is 0 Å². The largest absolute Gasteiger partial charge is 0.494 e. The summed E-state index contributed by atoms with van der Waals surface area (Å²) in [5.74, 6) is -1.75. The van der Waals surface area contributed by atoms with Crippen LogP contribution in [0.2, 0.25) is 0 Å². The molecule has 0 aliphatic heterocycles. The van der Waals surface area contributed by atoms with Gasteiger partial charge in [0.25, 0.3) is 5.91 Å². The molecule has 1 heterocycles. The van der Waals surface area contributed by atoms with E-state index in [-0.39, 0.29) is 5.56 Å². The number of nitrogens with one attached hydrogen (secondary N) is 2. The van der Waals surface area contributed by atoms with Crippen molar-refractivity contribution in [3.63, 3.8) is 0 Å². The Bertz CT molecular complexity index is 622. The molecule has 2 rings (SSSR count). The van der Waals surface area contributed by atoms with Gasteiger partial charge in [0.2, 0.25) is 11.8 Å². The predicted octanol–water partition coefficient (Wildman–Crippen LogP) is 2.47. The molecule has 0 aliphatic rings. The number of rotatable bonds is 4. The first kappa shape index (κ1) is 14.8. The third-order valence-electron chi connectivity index (χ3n) is 2.41. The highest BCUT2D eigenvalue weighted by atomic mass is 19.4. The molecule has 0 aliphatic carbocycles. The van der Waals surface area contributed by atoms with E-state index in [1.807, 2.05) is 6.92 Å². The minimum Gasteiger partial charge on any atom is -0.494 e. The van der Waals surface area contributed by atoms with Gasteiger partial charge in [-0.25, -0.2) is 0 Å². The summed E-state index contributed by atoms with van der Waals surface area (Å²) in [6, 6.07) is 6.13. The van der Waals surface area contributed by atoms with E-state index in [1.54, 1.807) is 17.2 Å². The van der Waals surface area contributed by atoms with Crippen LogP contribution in [0.3, 0.4) is 0 Å². The second kappa shape index (κ2) is 5.81. The van der Waals surface area contributed by atoms with Crippen molar-refractivity contribution in [1.82, 2.24) is 15.2 Å². The van der Waals surface area contributed by atoms with Crippen LogP contribution in [0.5, 0.6) is 5.75 Å². The lowest BCUT2D eigenvalue weighted by Crippen LogP contribution is -2.13. The molecule has 1 amide bonds. The minimum atomic E-state index is -4.64. The number of benzene rings is 1. The monoisotopic (exact) mass is 300 g/mol. The van der Waals surface area contributed by atoms with Crippen molar-refractivity contribution in [2.75, 3.05) is 11.9 Å². The SMILES string of the molecule is CCOc1ccc(C(=O)Nc2n[nH]c(C(F)(F)F)n2)cc1. The summed E-state index contributed by atoms with van der Waals surface area (Å²) in [6.07, 6.45) is -4.64. The lowest BCUT2D eigenvalue weighted by Gasteiger charge is -2.04. The Labute approximate surface area is 117 Å². The van der Waals surface area contributed by atoms with Crippen LogP contribution in [0.4, 0.5) is 19.1 Å². The van der Waals surface area contributed by atoms with Crippen molar-refractivity contribution in [2.45, 2.75) is 13.1 Å². The van der Waals surface area contributed by atoms with Crippen molar-refractivity contribution in [2.24, 2.45) is 0 Å². The third kappa shape index (κ3) is 3.71. The normalized spacial score (nSPS) is 11.2. The van der Waals surface area contributed by atoms with E-state index in [2.05, 4.69) is 15.4 Å². The summed E-state index contributed by atoms with van der Waals surface area (Å²) < 4.78 is 42.2. The van der Waals surface area contributed by atoms with Gasteiger partial charge in [-0.3, -0.25) is 15.2 Å². The maximum Gasteiger partial charge on any atom is 0.451 e. The van der Waals surface area contributed by atoms with Crippen molar-refractivity contribution in [1.29, 1.82) is 0 Å². The summed E-state index contributed by atoms with van der Waals surface area (Å²) in [6.45, 7) is 2.31. The molecular weight excluding hydrogens is 289 g/mol. The number of hydrogen-bond donors (Lipinski definition) is 2. The highest BCUT2D eigenvalue weighted by Crippen LogP contribution is 2.26. The second-order valence-electron chi connectivity index (χ2n) is 3.92. The van der Waals surface area contributed by atoms with Crippen molar-refractivity contribution in [3.05, 3.63) is 35.7 Å². The van der Waals surface area contributed by atoms with E-state index in [4.69, 9.17) is 4.74 Å². The van der Waals surface area contributed by atoms with Gasteiger partial charge in [0, 0.05) is 5.56 Å². The van der Waals surface area contributed by atoms with Crippen molar-refractivity contribution >= 4 is 11.9 Å². The van der Waals surface area contributed by atoms with Gasteiger partial charge in [-0.2, -0.15) is 18.2 Å². The molecule has 6 nitrogen and oxygen atoms in total. The number of ether oxygens (including phenoxy) is 1. The van der Waals surface area contributed by atoms with E-state index in [0.717, 1.165) is 0 Å². The molecule has 0 fully saturated rings. The average molecular weight is 300 g/mol.